The molecule has 0 aliphatic rings. The molecule has 0 unspecified atom stereocenters. The minimum Gasteiger partial charge on any atom is -0.352 e. The average molecular weight is 286 g/mol. The monoisotopic (exact) mass is 285 g/mol. The van der Waals surface area contributed by atoms with Gasteiger partial charge in [0, 0.05) is 17.4 Å². The van der Waals surface area contributed by atoms with Gasteiger partial charge in [-0.1, -0.05) is 34.6 Å². The van der Waals surface area contributed by atoms with Crippen molar-refractivity contribution in [2.45, 2.75) is 12.8 Å². The molecule has 0 aliphatic carbocycles. The standard InChI is InChI=1S/C12H13BrFNO/c1-9(13)8-15-12(16)7-4-10-2-5-11(14)6-3-10/h2-3,5-6H,1,4,7-8H2,(H,15,16). The maximum Gasteiger partial charge on any atom is 0.220 e. The Balaban J connectivity index is 2.31. The van der Waals surface area contributed by atoms with Crippen molar-refractivity contribution >= 4 is 21.8 Å². The van der Waals surface area contributed by atoms with Crippen molar-refractivity contribution in [3.05, 3.63) is 46.7 Å². The van der Waals surface area contributed by atoms with Gasteiger partial charge in [0.1, 0.15) is 5.82 Å². The fraction of sp³-hybridized carbons (Fsp3) is 0.250. The van der Waals surface area contributed by atoms with Gasteiger partial charge in [-0.3, -0.25) is 4.79 Å². The summed E-state index contributed by atoms with van der Waals surface area (Å²) < 4.78 is 13.3. The molecule has 1 amide bonds. The van der Waals surface area contributed by atoms with Gasteiger partial charge in [-0.25, -0.2) is 4.39 Å². The normalized spacial score (nSPS) is 9.88. The van der Waals surface area contributed by atoms with E-state index in [4.69, 9.17) is 0 Å². The molecule has 2 nitrogen and oxygen atoms in total. The quantitative estimate of drug-likeness (QED) is 0.886. The third-order valence-electron chi connectivity index (χ3n) is 2.03. The lowest BCUT2D eigenvalue weighted by molar-refractivity contribution is -0.120. The number of carbonyl (C=O) groups is 1. The maximum atomic E-state index is 12.6. The van der Waals surface area contributed by atoms with Crippen LogP contribution >= 0.6 is 15.9 Å². The minimum atomic E-state index is -0.260. The van der Waals surface area contributed by atoms with E-state index in [1.54, 1.807) is 12.1 Å². The molecule has 0 bridgehead atoms. The molecule has 0 spiro atoms. The molecule has 1 aromatic carbocycles. The molecule has 1 N–H and O–H groups in total. The number of nitrogens with one attached hydrogen (secondary N) is 1. The first-order valence-corrected chi connectivity index (χ1v) is 5.71. The summed E-state index contributed by atoms with van der Waals surface area (Å²) in [6, 6.07) is 6.17. The number of benzene rings is 1. The fourth-order valence-electron chi connectivity index (χ4n) is 1.19. The van der Waals surface area contributed by atoms with Gasteiger partial charge >= 0.3 is 0 Å². The van der Waals surface area contributed by atoms with Crippen LogP contribution in [0.3, 0.4) is 0 Å². The molecular weight excluding hydrogens is 273 g/mol. The van der Waals surface area contributed by atoms with Crippen molar-refractivity contribution in [2.24, 2.45) is 0 Å². The van der Waals surface area contributed by atoms with Crippen molar-refractivity contribution in [2.75, 3.05) is 6.54 Å². The molecule has 4 heteroatoms. The molecule has 0 saturated carbocycles. The molecule has 1 rings (SSSR count). The molecule has 86 valence electrons. The van der Waals surface area contributed by atoms with Crippen molar-refractivity contribution in [1.82, 2.24) is 5.32 Å². The van der Waals surface area contributed by atoms with Crippen molar-refractivity contribution in [3.8, 4) is 0 Å². The van der Waals surface area contributed by atoms with E-state index in [-0.39, 0.29) is 11.7 Å². The van der Waals surface area contributed by atoms with E-state index in [1.165, 1.54) is 12.1 Å². The van der Waals surface area contributed by atoms with Gasteiger partial charge in [0.2, 0.25) is 5.91 Å². The molecule has 16 heavy (non-hydrogen) atoms. The largest absolute Gasteiger partial charge is 0.352 e. The Hall–Kier alpha value is -1.16. The smallest absolute Gasteiger partial charge is 0.220 e. The van der Waals surface area contributed by atoms with Gasteiger partial charge in [0.25, 0.3) is 0 Å². The molecule has 0 heterocycles. The molecule has 1 aromatic rings. The Morgan fingerprint density at radius 1 is 1.38 bits per heavy atom. The zero-order valence-corrected chi connectivity index (χ0v) is 10.4. The lowest BCUT2D eigenvalue weighted by atomic mass is 10.1. The van der Waals surface area contributed by atoms with E-state index in [1.807, 2.05) is 0 Å². The van der Waals surface area contributed by atoms with Crippen LogP contribution < -0.4 is 5.32 Å². The molecule has 0 radical (unpaired) electrons. The molecule has 0 fully saturated rings. The summed E-state index contributed by atoms with van der Waals surface area (Å²) in [7, 11) is 0. The summed E-state index contributed by atoms with van der Waals surface area (Å²) in [5.74, 6) is -0.297. The highest BCUT2D eigenvalue weighted by Gasteiger charge is 2.02. The number of carbonyl (C=O) groups excluding carboxylic acids is 1. The van der Waals surface area contributed by atoms with Gasteiger partial charge in [-0.05, 0) is 24.1 Å². The van der Waals surface area contributed by atoms with Crippen molar-refractivity contribution < 1.29 is 9.18 Å². The highest BCUT2D eigenvalue weighted by atomic mass is 79.9. The Morgan fingerprint density at radius 2 is 2.00 bits per heavy atom. The Morgan fingerprint density at radius 3 is 2.56 bits per heavy atom. The number of rotatable bonds is 5. The first-order chi connectivity index (χ1) is 7.58. The number of hydrogen-bond acceptors (Lipinski definition) is 1. The topological polar surface area (TPSA) is 29.1 Å². The van der Waals surface area contributed by atoms with Gasteiger partial charge < -0.3 is 5.32 Å². The zero-order chi connectivity index (χ0) is 12.0. The lowest BCUT2D eigenvalue weighted by Crippen LogP contribution is -2.24. The SMILES string of the molecule is C=C(Br)CNC(=O)CCc1ccc(F)cc1. The van der Waals surface area contributed by atoms with Crippen LogP contribution in [0.1, 0.15) is 12.0 Å². The number of aryl methyl sites for hydroxylation is 1. The third-order valence-corrected chi connectivity index (χ3v) is 2.31. The predicted octanol–water partition coefficient (Wildman–Crippen LogP) is 2.78. The van der Waals surface area contributed by atoms with Crippen LogP contribution in [0.2, 0.25) is 0 Å². The molecular formula is C12H13BrFNO. The number of amides is 1. The van der Waals surface area contributed by atoms with E-state index < -0.39 is 0 Å². The van der Waals surface area contributed by atoms with Gasteiger partial charge in [0.05, 0.1) is 0 Å². The Labute approximate surface area is 103 Å². The second-order valence-electron chi connectivity index (χ2n) is 3.42. The summed E-state index contributed by atoms with van der Waals surface area (Å²) in [5, 5.41) is 2.70. The van der Waals surface area contributed by atoms with Crippen molar-refractivity contribution in [1.29, 1.82) is 0 Å². The number of halogens is 2. The first-order valence-electron chi connectivity index (χ1n) is 4.92. The van der Waals surface area contributed by atoms with Crippen LogP contribution in [0.25, 0.3) is 0 Å². The van der Waals surface area contributed by atoms with Crippen LogP contribution in [-0.2, 0) is 11.2 Å². The summed E-state index contributed by atoms with van der Waals surface area (Å²) in [6.45, 7) is 4.05. The summed E-state index contributed by atoms with van der Waals surface area (Å²) in [6.07, 6.45) is 1.01. The van der Waals surface area contributed by atoms with E-state index >= 15 is 0 Å². The van der Waals surface area contributed by atoms with E-state index in [2.05, 4.69) is 27.8 Å². The Kier molecular flexibility index (Phi) is 5.19. The zero-order valence-electron chi connectivity index (χ0n) is 8.80. The van der Waals surface area contributed by atoms with Crippen LogP contribution in [0.4, 0.5) is 4.39 Å². The first kappa shape index (κ1) is 12.9. The predicted molar refractivity (Wildman–Crippen MR) is 65.8 cm³/mol. The summed E-state index contributed by atoms with van der Waals surface area (Å²) >= 11 is 3.16. The molecule has 0 aliphatic heterocycles. The van der Waals surface area contributed by atoms with E-state index in [0.717, 1.165) is 10.0 Å². The second-order valence-corrected chi connectivity index (χ2v) is 4.54. The van der Waals surface area contributed by atoms with Crippen LogP contribution in [0, 0.1) is 5.82 Å². The highest BCUT2D eigenvalue weighted by Crippen LogP contribution is 2.05. The molecule has 0 aromatic heterocycles. The number of hydrogen-bond donors (Lipinski definition) is 1. The molecule has 0 saturated heterocycles. The minimum absolute atomic E-state index is 0.0371. The highest BCUT2D eigenvalue weighted by molar-refractivity contribution is 9.11. The van der Waals surface area contributed by atoms with Crippen LogP contribution in [-0.4, -0.2) is 12.5 Å². The Bertz CT molecular complexity index is 375. The van der Waals surface area contributed by atoms with E-state index in [0.29, 0.717) is 19.4 Å². The molecule has 0 atom stereocenters. The van der Waals surface area contributed by atoms with E-state index in [9.17, 15) is 9.18 Å². The second kappa shape index (κ2) is 6.43. The van der Waals surface area contributed by atoms with Gasteiger partial charge in [-0.15, -0.1) is 0 Å². The van der Waals surface area contributed by atoms with Gasteiger partial charge in [0.15, 0.2) is 0 Å². The third kappa shape index (κ3) is 5.07. The average Bonchev–Trinajstić information content (AvgIpc) is 2.25. The maximum absolute atomic E-state index is 12.6. The van der Waals surface area contributed by atoms with Crippen LogP contribution in [0.5, 0.6) is 0 Å². The van der Waals surface area contributed by atoms with Crippen LogP contribution in [0.15, 0.2) is 35.3 Å². The summed E-state index contributed by atoms with van der Waals surface area (Å²) in [4.78, 5) is 11.3. The fourth-order valence-corrected chi connectivity index (χ4v) is 1.33. The lowest BCUT2D eigenvalue weighted by Gasteiger charge is -2.04. The van der Waals surface area contributed by atoms with Crippen molar-refractivity contribution in [3.63, 3.8) is 0 Å². The summed E-state index contributed by atoms with van der Waals surface area (Å²) in [5.41, 5.74) is 0.953. The van der Waals surface area contributed by atoms with Gasteiger partial charge in [-0.2, -0.15) is 0 Å².